The SMILES string of the molecule is CCCCCCOC1=CC2(C=Cc3ccccc3O2)CC=C1. The molecule has 0 fully saturated rings. The molecule has 0 radical (unpaired) electrons. The van der Waals surface area contributed by atoms with Crippen molar-refractivity contribution in [1.82, 2.24) is 0 Å². The fourth-order valence-corrected chi connectivity index (χ4v) is 2.88. The van der Waals surface area contributed by atoms with Crippen LogP contribution in [0.15, 0.2) is 54.3 Å². The molecule has 0 N–H and O–H groups in total. The lowest BCUT2D eigenvalue weighted by molar-refractivity contribution is 0.152. The molecular formula is C20H24O2. The van der Waals surface area contributed by atoms with Crippen molar-refractivity contribution in [3.05, 3.63) is 59.9 Å². The van der Waals surface area contributed by atoms with E-state index >= 15 is 0 Å². The Bertz CT molecular complexity index is 597. The summed E-state index contributed by atoms with van der Waals surface area (Å²) in [5.41, 5.74) is 0.750. The summed E-state index contributed by atoms with van der Waals surface area (Å²) in [5.74, 6) is 1.87. The summed E-state index contributed by atoms with van der Waals surface area (Å²) in [6.07, 6.45) is 16.3. The summed E-state index contributed by atoms with van der Waals surface area (Å²) >= 11 is 0. The van der Waals surface area contributed by atoms with Gasteiger partial charge in [-0.15, -0.1) is 0 Å². The summed E-state index contributed by atoms with van der Waals surface area (Å²) in [5, 5.41) is 0. The molecule has 2 heteroatoms. The Morgan fingerprint density at radius 2 is 2.05 bits per heavy atom. The smallest absolute Gasteiger partial charge is 0.153 e. The summed E-state index contributed by atoms with van der Waals surface area (Å²) < 4.78 is 12.1. The van der Waals surface area contributed by atoms with Gasteiger partial charge in [0.25, 0.3) is 0 Å². The fourth-order valence-electron chi connectivity index (χ4n) is 2.88. The molecule has 0 amide bonds. The predicted molar refractivity (Wildman–Crippen MR) is 90.8 cm³/mol. The van der Waals surface area contributed by atoms with Crippen LogP contribution in [0.4, 0.5) is 0 Å². The first-order valence-electron chi connectivity index (χ1n) is 8.31. The van der Waals surface area contributed by atoms with E-state index in [0.717, 1.165) is 36.5 Å². The zero-order valence-electron chi connectivity index (χ0n) is 13.3. The second-order valence-corrected chi connectivity index (χ2v) is 5.99. The normalized spacial score (nSPS) is 22.1. The van der Waals surface area contributed by atoms with Gasteiger partial charge >= 0.3 is 0 Å². The van der Waals surface area contributed by atoms with Gasteiger partial charge in [-0.2, -0.15) is 0 Å². The molecule has 1 spiro atoms. The van der Waals surface area contributed by atoms with Crippen LogP contribution in [0.1, 0.15) is 44.6 Å². The minimum Gasteiger partial charge on any atom is -0.494 e. The Balaban J connectivity index is 1.64. The quantitative estimate of drug-likeness (QED) is 0.666. The largest absolute Gasteiger partial charge is 0.494 e. The molecule has 2 aliphatic rings. The lowest BCUT2D eigenvalue weighted by Gasteiger charge is -2.33. The van der Waals surface area contributed by atoms with Crippen LogP contribution in [0.3, 0.4) is 0 Å². The molecule has 1 aromatic carbocycles. The van der Waals surface area contributed by atoms with E-state index in [1.165, 1.54) is 19.3 Å². The maximum Gasteiger partial charge on any atom is 0.153 e. The average Bonchev–Trinajstić information content (AvgIpc) is 2.55. The van der Waals surface area contributed by atoms with Gasteiger partial charge in [-0.3, -0.25) is 0 Å². The van der Waals surface area contributed by atoms with Gasteiger partial charge in [-0.25, -0.2) is 0 Å². The zero-order valence-corrected chi connectivity index (χ0v) is 13.3. The number of hydrogen-bond acceptors (Lipinski definition) is 2. The molecule has 1 aliphatic carbocycles. The number of allylic oxidation sites excluding steroid dienone is 1. The van der Waals surface area contributed by atoms with E-state index in [0.29, 0.717) is 0 Å². The minimum atomic E-state index is -0.387. The average molecular weight is 296 g/mol. The van der Waals surface area contributed by atoms with Crippen LogP contribution >= 0.6 is 0 Å². The molecule has 1 atom stereocenters. The monoisotopic (exact) mass is 296 g/mol. The molecule has 3 rings (SSSR count). The molecular weight excluding hydrogens is 272 g/mol. The molecule has 1 aliphatic heterocycles. The lowest BCUT2D eigenvalue weighted by atomic mass is 9.91. The van der Waals surface area contributed by atoms with Crippen LogP contribution in [-0.4, -0.2) is 12.2 Å². The van der Waals surface area contributed by atoms with E-state index in [1.807, 2.05) is 18.2 Å². The summed E-state index contributed by atoms with van der Waals surface area (Å²) in [7, 11) is 0. The van der Waals surface area contributed by atoms with Crippen molar-refractivity contribution in [2.24, 2.45) is 0 Å². The molecule has 0 aromatic heterocycles. The predicted octanol–water partition coefficient (Wildman–Crippen LogP) is 5.27. The highest BCUT2D eigenvalue weighted by molar-refractivity contribution is 5.62. The van der Waals surface area contributed by atoms with E-state index in [2.05, 4.69) is 43.4 Å². The van der Waals surface area contributed by atoms with Crippen molar-refractivity contribution in [1.29, 1.82) is 0 Å². The van der Waals surface area contributed by atoms with Crippen LogP contribution < -0.4 is 4.74 Å². The van der Waals surface area contributed by atoms with Crippen LogP contribution in [0.5, 0.6) is 5.75 Å². The van der Waals surface area contributed by atoms with Gasteiger partial charge in [0.2, 0.25) is 0 Å². The molecule has 1 unspecified atom stereocenters. The molecule has 1 aromatic rings. The van der Waals surface area contributed by atoms with Crippen LogP contribution in [-0.2, 0) is 4.74 Å². The van der Waals surface area contributed by atoms with Crippen molar-refractivity contribution in [3.8, 4) is 5.75 Å². The fraction of sp³-hybridized carbons (Fsp3) is 0.400. The third-order valence-electron chi connectivity index (χ3n) is 4.14. The van der Waals surface area contributed by atoms with Crippen molar-refractivity contribution >= 4 is 6.08 Å². The molecule has 2 nitrogen and oxygen atoms in total. The van der Waals surface area contributed by atoms with Gasteiger partial charge < -0.3 is 9.47 Å². The van der Waals surface area contributed by atoms with E-state index in [9.17, 15) is 0 Å². The Kier molecular flexibility index (Phi) is 4.67. The van der Waals surface area contributed by atoms with Gasteiger partial charge in [0.1, 0.15) is 11.5 Å². The van der Waals surface area contributed by atoms with Crippen LogP contribution in [0.25, 0.3) is 6.08 Å². The molecule has 0 bridgehead atoms. The van der Waals surface area contributed by atoms with E-state index in [4.69, 9.17) is 9.47 Å². The molecule has 0 saturated carbocycles. The maximum atomic E-state index is 6.24. The van der Waals surface area contributed by atoms with Crippen molar-refractivity contribution < 1.29 is 9.47 Å². The van der Waals surface area contributed by atoms with Gasteiger partial charge in [-0.05, 0) is 24.6 Å². The highest BCUT2D eigenvalue weighted by Crippen LogP contribution is 2.36. The van der Waals surface area contributed by atoms with Gasteiger partial charge in [0.05, 0.1) is 6.61 Å². The first-order chi connectivity index (χ1) is 10.8. The van der Waals surface area contributed by atoms with Crippen LogP contribution in [0.2, 0.25) is 0 Å². The lowest BCUT2D eigenvalue weighted by Crippen LogP contribution is -2.34. The van der Waals surface area contributed by atoms with Gasteiger partial charge in [-0.1, -0.05) is 56.5 Å². The molecule has 1 heterocycles. The Hall–Kier alpha value is -1.96. The topological polar surface area (TPSA) is 18.5 Å². The number of rotatable bonds is 6. The standard InChI is InChI=1S/C20H24O2/c1-2-3-4-7-15-21-18-10-8-13-20(16-18)14-12-17-9-5-6-11-19(17)22-20/h5-6,8-12,14,16H,2-4,7,13,15H2,1H3. The van der Waals surface area contributed by atoms with Gasteiger partial charge in [0.15, 0.2) is 5.60 Å². The zero-order chi connectivity index (χ0) is 15.3. The Morgan fingerprint density at radius 3 is 2.95 bits per heavy atom. The minimum absolute atomic E-state index is 0.387. The Morgan fingerprint density at radius 1 is 1.14 bits per heavy atom. The van der Waals surface area contributed by atoms with Crippen LogP contribution in [0, 0.1) is 0 Å². The first kappa shape index (κ1) is 15.0. The highest BCUT2D eigenvalue weighted by Gasteiger charge is 2.32. The van der Waals surface area contributed by atoms with E-state index in [-0.39, 0.29) is 5.60 Å². The highest BCUT2D eigenvalue weighted by atomic mass is 16.5. The third-order valence-corrected chi connectivity index (χ3v) is 4.14. The van der Waals surface area contributed by atoms with Gasteiger partial charge in [0, 0.05) is 18.1 Å². The summed E-state index contributed by atoms with van der Waals surface area (Å²) in [6.45, 7) is 3.01. The van der Waals surface area contributed by atoms with Crippen molar-refractivity contribution in [3.63, 3.8) is 0 Å². The second kappa shape index (κ2) is 6.87. The first-order valence-corrected chi connectivity index (χ1v) is 8.31. The maximum absolute atomic E-state index is 6.24. The Labute approximate surface area is 133 Å². The van der Waals surface area contributed by atoms with E-state index < -0.39 is 0 Å². The second-order valence-electron chi connectivity index (χ2n) is 5.99. The molecule has 22 heavy (non-hydrogen) atoms. The van der Waals surface area contributed by atoms with Crippen molar-refractivity contribution in [2.45, 2.75) is 44.6 Å². The van der Waals surface area contributed by atoms with Crippen molar-refractivity contribution in [2.75, 3.05) is 6.61 Å². The number of unbranched alkanes of at least 4 members (excludes halogenated alkanes) is 3. The number of para-hydroxylation sites is 1. The van der Waals surface area contributed by atoms with E-state index in [1.54, 1.807) is 0 Å². The third kappa shape index (κ3) is 3.44. The number of ether oxygens (including phenoxy) is 2. The number of benzene rings is 1. The summed E-state index contributed by atoms with van der Waals surface area (Å²) in [6, 6.07) is 8.15. The summed E-state index contributed by atoms with van der Waals surface area (Å²) in [4.78, 5) is 0. The number of fused-ring (bicyclic) bond motifs is 1. The number of hydrogen-bond donors (Lipinski definition) is 0. The molecule has 116 valence electrons. The molecule has 0 saturated heterocycles.